The average Bonchev–Trinajstić information content (AvgIpc) is 2.68. The van der Waals surface area contributed by atoms with Crippen molar-refractivity contribution in [1.29, 1.82) is 0 Å². The first-order chi connectivity index (χ1) is 14.1. The molecule has 0 aliphatic heterocycles. The first-order valence-corrected chi connectivity index (χ1v) is 10.1. The second-order valence-electron chi connectivity index (χ2n) is 8.50. The number of rotatable bonds is 7. The molecule has 2 aromatic carbocycles. The van der Waals surface area contributed by atoms with Gasteiger partial charge < -0.3 is 15.5 Å². The second-order valence-corrected chi connectivity index (χ2v) is 8.50. The third kappa shape index (κ3) is 7.03. The molecule has 2 aromatic rings. The normalized spacial score (nSPS) is 11.0. The van der Waals surface area contributed by atoms with Crippen molar-refractivity contribution in [2.24, 2.45) is 0 Å². The molecule has 6 heteroatoms. The van der Waals surface area contributed by atoms with Gasteiger partial charge in [-0.3, -0.25) is 14.4 Å². The zero-order valence-electron chi connectivity index (χ0n) is 18.4. The Morgan fingerprint density at radius 3 is 2.10 bits per heavy atom. The Kier molecular flexibility index (Phi) is 7.75. The van der Waals surface area contributed by atoms with E-state index in [4.69, 9.17) is 0 Å². The average molecular weight is 410 g/mol. The lowest BCUT2D eigenvalue weighted by atomic mass is 9.87. The van der Waals surface area contributed by atoms with Crippen molar-refractivity contribution in [1.82, 2.24) is 10.2 Å². The number of hydrogen-bond acceptors (Lipinski definition) is 3. The fraction of sp³-hybridized carbons (Fsp3) is 0.375. The van der Waals surface area contributed by atoms with E-state index in [2.05, 4.69) is 31.4 Å². The number of nitrogens with one attached hydrogen (secondary N) is 2. The van der Waals surface area contributed by atoms with Crippen LogP contribution in [0.2, 0.25) is 0 Å². The van der Waals surface area contributed by atoms with Crippen LogP contribution >= 0.6 is 0 Å². The molecule has 0 saturated heterocycles. The molecule has 0 aliphatic rings. The molecule has 2 N–H and O–H groups in total. The number of aryl methyl sites for hydroxylation is 1. The van der Waals surface area contributed by atoms with Crippen LogP contribution in [0.25, 0.3) is 0 Å². The molecule has 3 amide bonds. The van der Waals surface area contributed by atoms with E-state index in [-0.39, 0.29) is 42.6 Å². The summed E-state index contributed by atoms with van der Waals surface area (Å²) in [6.07, 6.45) is 0.125. The van der Waals surface area contributed by atoms with Crippen molar-refractivity contribution in [3.05, 3.63) is 65.2 Å². The van der Waals surface area contributed by atoms with Crippen molar-refractivity contribution in [2.45, 2.75) is 39.5 Å². The lowest BCUT2D eigenvalue weighted by Gasteiger charge is -2.19. The fourth-order valence-electron chi connectivity index (χ4n) is 2.84. The highest BCUT2D eigenvalue weighted by molar-refractivity contribution is 5.95. The summed E-state index contributed by atoms with van der Waals surface area (Å²) >= 11 is 0. The van der Waals surface area contributed by atoms with Crippen molar-refractivity contribution in [2.75, 3.05) is 25.5 Å². The molecule has 160 valence electrons. The van der Waals surface area contributed by atoms with Crippen molar-refractivity contribution in [3.8, 4) is 0 Å². The minimum Gasteiger partial charge on any atom is -0.352 e. The van der Waals surface area contributed by atoms with Gasteiger partial charge in [-0.1, -0.05) is 50.6 Å². The van der Waals surface area contributed by atoms with E-state index in [0.717, 1.165) is 11.1 Å². The van der Waals surface area contributed by atoms with Crippen molar-refractivity contribution in [3.63, 3.8) is 0 Å². The van der Waals surface area contributed by atoms with E-state index in [1.807, 2.05) is 43.3 Å². The van der Waals surface area contributed by atoms with Crippen LogP contribution in [0.3, 0.4) is 0 Å². The molecule has 0 aliphatic carbocycles. The van der Waals surface area contributed by atoms with Gasteiger partial charge in [-0.25, -0.2) is 0 Å². The van der Waals surface area contributed by atoms with Gasteiger partial charge in [0, 0.05) is 31.3 Å². The maximum atomic E-state index is 12.3. The highest BCUT2D eigenvalue weighted by Crippen LogP contribution is 2.22. The number of nitrogens with zero attached hydrogens (tertiary/aromatic N) is 1. The number of hydrogen-bond donors (Lipinski definition) is 2. The van der Waals surface area contributed by atoms with Crippen LogP contribution in [0.1, 0.15) is 48.7 Å². The molecular formula is C24H31N3O3. The summed E-state index contributed by atoms with van der Waals surface area (Å²) in [6, 6.07) is 14.9. The molecule has 0 aromatic heterocycles. The number of carbonyl (C=O) groups excluding carboxylic acids is 3. The molecule has 6 nitrogen and oxygen atoms in total. The quantitative estimate of drug-likeness (QED) is 0.735. The minimum absolute atomic E-state index is 0.0256. The Bertz CT molecular complexity index is 881. The van der Waals surface area contributed by atoms with Crippen LogP contribution in [-0.2, 0) is 15.0 Å². The van der Waals surface area contributed by atoms with Crippen LogP contribution in [0.5, 0.6) is 0 Å². The van der Waals surface area contributed by atoms with Crippen molar-refractivity contribution >= 4 is 23.4 Å². The molecule has 0 atom stereocenters. The van der Waals surface area contributed by atoms with Gasteiger partial charge in [-0.15, -0.1) is 0 Å². The van der Waals surface area contributed by atoms with Gasteiger partial charge in [0.15, 0.2) is 0 Å². The highest BCUT2D eigenvalue weighted by atomic mass is 16.2. The Balaban J connectivity index is 1.75. The second kappa shape index (κ2) is 10.1. The van der Waals surface area contributed by atoms with Gasteiger partial charge in [0.05, 0.1) is 6.54 Å². The smallest absolute Gasteiger partial charge is 0.251 e. The van der Waals surface area contributed by atoms with Gasteiger partial charge in [0.25, 0.3) is 5.91 Å². The van der Waals surface area contributed by atoms with Crippen LogP contribution in [0.15, 0.2) is 48.5 Å². The maximum absolute atomic E-state index is 12.3. The summed E-state index contributed by atoms with van der Waals surface area (Å²) in [5, 5.41) is 5.52. The van der Waals surface area contributed by atoms with Gasteiger partial charge in [0.2, 0.25) is 11.8 Å². The number of anilines is 1. The summed E-state index contributed by atoms with van der Waals surface area (Å²) in [6.45, 7) is 8.48. The van der Waals surface area contributed by atoms with E-state index >= 15 is 0 Å². The van der Waals surface area contributed by atoms with E-state index < -0.39 is 0 Å². The molecule has 2 rings (SSSR count). The highest BCUT2D eigenvalue weighted by Gasteiger charge is 2.16. The lowest BCUT2D eigenvalue weighted by molar-refractivity contribution is -0.133. The SMILES string of the molecule is Cc1ccc(NC(=O)CN(C)C(=O)CCNC(=O)c2ccc(C(C)(C)C)cc2)cc1. The summed E-state index contributed by atoms with van der Waals surface area (Å²) in [7, 11) is 1.57. The monoisotopic (exact) mass is 409 g/mol. The Morgan fingerprint density at radius 1 is 0.933 bits per heavy atom. The third-order valence-corrected chi connectivity index (χ3v) is 4.78. The third-order valence-electron chi connectivity index (χ3n) is 4.78. The summed E-state index contributed by atoms with van der Waals surface area (Å²) in [5.74, 6) is -0.696. The standard InChI is InChI=1S/C24H31N3O3/c1-17-6-12-20(13-7-17)26-21(28)16-27(5)22(29)14-15-25-23(30)18-8-10-19(11-9-18)24(2,3)4/h6-13H,14-16H2,1-5H3,(H,25,30)(H,26,28). The molecule has 0 fully saturated rings. The van der Waals surface area contributed by atoms with Gasteiger partial charge in [-0.05, 0) is 42.2 Å². The van der Waals surface area contributed by atoms with Crippen LogP contribution in [0.4, 0.5) is 5.69 Å². The molecule has 0 heterocycles. The summed E-state index contributed by atoms with van der Waals surface area (Å²) < 4.78 is 0. The van der Waals surface area contributed by atoms with Gasteiger partial charge in [-0.2, -0.15) is 0 Å². The number of benzene rings is 2. The van der Waals surface area contributed by atoms with Gasteiger partial charge in [0.1, 0.15) is 0 Å². The van der Waals surface area contributed by atoms with Crippen molar-refractivity contribution < 1.29 is 14.4 Å². The predicted octanol–water partition coefficient (Wildman–Crippen LogP) is 3.51. The molecule has 0 spiro atoms. The van der Waals surface area contributed by atoms with E-state index in [0.29, 0.717) is 11.3 Å². The minimum atomic E-state index is -0.266. The summed E-state index contributed by atoms with van der Waals surface area (Å²) in [5.41, 5.74) is 3.53. The number of carbonyl (C=O) groups is 3. The Labute approximate surface area is 178 Å². The van der Waals surface area contributed by atoms with Crippen LogP contribution in [-0.4, -0.2) is 42.8 Å². The van der Waals surface area contributed by atoms with E-state index in [1.165, 1.54) is 4.90 Å². The van der Waals surface area contributed by atoms with E-state index in [1.54, 1.807) is 19.2 Å². The molecule has 0 saturated carbocycles. The maximum Gasteiger partial charge on any atom is 0.251 e. The zero-order chi connectivity index (χ0) is 22.3. The number of likely N-dealkylation sites (N-methyl/N-ethyl adjacent to an activating group) is 1. The number of amides is 3. The molecule has 0 unspecified atom stereocenters. The predicted molar refractivity (Wildman–Crippen MR) is 120 cm³/mol. The Hall–Kier alpha value is -3.15. The first-order valence-electron chi connectivity index (χ1n) is 10.1. The molecule has 0 bridgehead atoms. The van der Waals surface area contributed by atoms with Crippen LogP contribution in [0, 0.1) is 6.92 Å². The molecule has 30 heavy (non-hydrogen) atoms. The van der Waals surface area contributed by atoms with E-state index in [9.17, 15) is 14.4 Å². The molecular weight excluding hydrogens is 378 g/mol. The van der Waals surface area contributed by atoms with Crippen LogP contribution < -0.4 is 10.6 Å². The molecule has 0 radical (unpaired) electrons. The summed E-state index contributed by atoms with van der Waals surface area (Å²) in [4.78, 5) is 38.0. The first kappa shape index (κ1) is 23.1. The Morgan fingerprint density at radius 2 is 1.53 bits per heavy atom. The fourth-order valence-corrected chi connectivity index (χ4v) is 2.84. The van der Waals surface area contributed by atoms with Gasteiger partial charge >= 0.3 is 0 Å². The largest absolute Gasteiger partial charge is 0.352 e. The lowest BCUT2D eigenvalue weighted by Crippen LogP contribution is -2.37. The topological polar surface area (TPSA) is 78.5 Å². The zero-order valence-corrected chi connectivity index (χ0v) is 18.4.